The van der Waals surface area contributed by atoms with Gasteiger partial charge in [0.2, 0.25) is 0 Å². The fourth-order valence-corrected chi connectivity index (χ4v) is 4.68. The number of anilines is 1. The van der Waals surface area contributed by atoms with E-state index in [9.17, 15) is 9.59 Å². The molecule has 1 N–H and O–H groups in total. The number of methoxy groups -OCH3 is 1. The van der Waals surface area contributed by atoms with Gasteiger partial charge in [0.05, 0.1) is 29.7 Å². The zero-order chi connectivity index (χ0) is 21.1. The number of ether oxygens (including phenoxy) is 2. The number of thioether (sulfide) groups is 1. The van der Waals surface area contributed by atoms with Crippen LogP contribution in [0.25, 0.3) is 11.7 Å². The summed E-state index contributed by atoms with van der Waals surface area (Å²) in [6.07, 6.45) is 5.15. The Morgan fingerprint density at radius 2 is 2.30 bits per heavy atom. The molecule has 1 amide bonds. The Kier molecular flexibility index (Phi) is 6.47. The molecule has 30 heavy (non-hydrogen) atoms. The lowest BCUT2D eigenvalue weighted by Crippen LogP contribution is -2.35. The van der Waals surface area contributed by atoms with Crippen LogP contribution in [0, 0.1) is 0 Å². The molecule has 4 heterocycles. The standard InChI is InChI=1S/C20H22N4O4S2/c1-27-10-7-21-17-14(18(25)23-8-3-2-6-16(23)22-17)11-15-19(26)24(20(29)30-15)12-13-5-4-9-28-13/h2-3,6,8,11,13,21H,4-5,7,9-10,12H2,1H3/b15-11+/t13-/m1/s1. The van der Waals surface area contributed by atoms with Crippen LogP contribution in [-0.2, 0) is 14.3 Å². The number of thiocarbonyl (C=S) groups is 1. The number of hydrogen-bond donors (Lipinski definition) is 1. The van der Waals surface area contributed by atoms with Gasteiger partial charge in [-0.1, -0.05) is 30.0 Å². The van der Waals surface area contributed by atoms with Crippen molar-refractivity contribution in [1.82, 2.24) is 14.3 Å². The molecule has 2 aliphatic heterocycles. The average molecular weight is 447 g/mol. The highest BCUT2D eigenvalue weighted by Crippen LogP contribution is 2.34. The number of aromatic nitrogens is 2. The first-order chi connectivity index (χ1) is 14.6. The molecule has 1 atom stereocenters. The second-order valence-corrected chi connectivity index (χ2v) is 8.63. The summed E-state index contributed by atoms with van der Waals surface area (Å²) in [5.74, 6) is 0.202. The average Bonchev–Trinajstić information content (AvgIpc) is 3.35. The second-order valence-electron chi connectivity index (χ2n) is 6.95. The van der Waals surface area contributed by atoms with Crippen LogP contribution in [0.3, 0.4) is 0 Å². The molecule has 0 spiro atoms. The highest BCUT2D eigenvalue weighted by atomic mass is 32.2. The largest absolute Gasteiger partial charge is 0.383 e. The fourth-order valence-electron chi connectivity index (χ4n) is 3.42. The SMILES string of the molecule is COCCNc1nc2ccccn2c(=O)c1/C=C1/SC(=S)N(C[C@H]2CCCO2)C1=O. The number of amides is 1. The highest BCUT2D eigenvalue weighted by molar-refractivity contribution is 8.26. The maximum atomic E-state index is 13.1. The maximum Gasteiger partial charge on any atom is 0.267 e. The summed E-state index contributed by atoms with van der Waals surface area (Å²) in [6, 6.07) is 5.34. The van der Waals surface area contributed by atoms with Gasteiger partial charge in [-0.3, -0.25) is 18.9 Å². The lowest BCUT2D eigenvalue weighted by molar-refractivity contribution is -0.123. The Morgan fingerprint density at radius 1 is 1.43 bits per heavy atom. The van der Waals surface area contributed by atoms with E-state index < -0.39 is 0 Å². The number of carbonyl (C=O) groups is 1. The van der Waals surface area contributed by atoms with Crippen LogP contribution in [-0.4, -0.2) is 64.0 Å². The van der Waals surface area contributed by atoms with Crippen molar-refractivity contribution in [2.75, 3.05) is 38.7 Å². The Morgan fingerprint density at radius 3 is 3.07 bits per heavy atom. The van der Waals surface area contributed by atoms with Gasteiger partial charge in [-0.2, -0.15) is 0 Å². The van der Waals surface area contributed by atoms with Crippen molar-refractivity contribution in [3.8, 4) is 0 Å². The fraction of sp³-hybridized carbons (Fsp3) is 0.400. The molecule has 0 aromatic carbocycles. The first-order valence-electron chi connectivity index (χ1n) is 9.69. The van der Waals surface area contributed by atoms with Crippen molar-refractivity contribution in [3.63, 3.8) is 0 Å². The number of hydrogen-bond acceptors (Lipinski definition) is 8. The summed E-state index contributed by atoms with van der Waals surface area (Å²) in [7, 11) is 1.60. The van der Waals surface area contributed by atoms with Crippen LogP contribution in [0.4, 0.5) is 5.82 Å². The first-order valence-corrected chi connectivity index (χ1v) is 10.9. The minimum atomic E-state index is -0.259. The minimum Gasteiger partial charge on any atom is -0.383 e. The summed E-state index contributed by atoms with van der Waals surface area (Å²) in [6.45, 7) is 2.09. The zero-order valence-electron chi connectivity index (χ0n) is 16.5. The summed E-state index contributed by atoms with van der Waals surface area (Å²) < 4.78 is 12.7. The van der Waals surface area contributed by atoms with E-state index in [2.05, 4.69) is 10.3 Å². The van der Waals surface area contributed by atoms with E-state index in [4.69, 9.17) is 21.7 Å². The normalized spacial score (nSPS) is 20.6. The lowest BCUT2D eigenvalue weighted by Gasteiger charge is -2.18. The number of rotatable bonds is 7. The van der Waals surface area contributed by atoms with E-state index >= 15 is 0 Å². The van der Waals surface area contributed by atoms with Gasteiger partial charge in [0.15, 0.2) is 0 Å². The number of fused-ring (bicyclic) bond motifs is 1. The van der Waals surface area contributed by atoms with Crippen molar-refractivity contribution >= 4 is 51.7 Å². The van der Waals surface area contributed by atoms with Crippen molar-refractivity contribution < 1.29 is 14.3 Å². The summed E-state index contributed by atoms with van der Waals surface area (Å²) >= 11 is 6.61. The third kappa shape index (κ3) is 4.27. The van der Waals surface area contributed by atoms with E-state index in [1.807, 2.05) is 6.07 Å². The lowest BCUT2D eigenvalue weighted by atomic mass is 10.2. The van der Waals surface area contributed by atoms with E-state index in [-0.39, 0.29) is 17.6 Å². The zero-order valence-corrected chi connectivity index (χ0v) is 18.1. The topological polar surface area (TPSA) is 85.2 Å². The van der Waals surface area contributed by atoms with Gasteiger partial charge >= 0.3 is 0 Å². The quantitative estimate of drug-likeness (QED) is 0.393. The molecule has 0 aliphatic carbocycles. The Labute approximate surface area is 183 Å². The maximum absolute atomic E-state index is 13.1. The predicted molar refractivity (Wildman–Crippen MR) is 121 cm³/mol. The molecule has 8 nitrogen and oxygen atoms in total. The van der Waals surface area contributed by atoms with E-state index in [0.717, 1.165) is 12.8 Å². The van der Waals surface area contributed by atoms with Crippen LogP contribution in [0.2, 0.25) is 0 Å². The van der Waals surface area contributed by atoms with Gasteiger partial charge in [0, 0.05) is 26.5 Å². The van der Waals surface area contributed by atoms with Gasteiger partial charge in [0.1, 0.15) is 15.8 Å². The first kappa shape index (κ1) is 21.0. The van der Waals surface area contributed by atoms with Crippen LogP contribution in [0.1, 0.15) is 18.4 Å². The Hall–Kier alpha value is -2.27. The number of nitrogens with zero attached hydrogens (tertiary/aromatic N) is 3. The van der Waals surface area contributed by atoms with Crippen molar-refractivity contribution in [2.24, 2.45) is 0 Å². The monoisotopic (exact) mass is 446 g/mol. The molecule has 2 aromatic heterocycles. The third-order valence-electron chi connectivity index (χ3n) is 4.93. The van der Waals surface area contributed by atoms with Crippen molar-refractivity contribution in [3.05, 3.63) is 45.2 Å². The van der Waals surface area contributed by atoms with E-state index in [1.165, 1.54) is 16.2 Å². The Bertz CT molecular complexity index is 1060. The van der Waals surface area contributed by atoms with Gasteiger partial charge < -0.3 is 14.8 Å². The van der Waals surface area contributed by atoms with Gasteiger partial charge in [0.25, 0.3) is 11.5 Å². The predicted octanol–water partition coefficient (Wildman–Crippen LogP) is 2.13. The summed E-state index contributed by atoms with van der Waals surface area (Å²) in [5, 5.41) is 3.14. The van der Waals surface area contributed by atoms with Crippen molar-refractivity contribution in [1.29, 1.82) is 0 Å². The molecule has 158 valence electrons. The molecular formula is C20H22N4O4S2. The number of carbonyl (C=O) groups excluding carboxylic acids is 1. The van der Waals surface area contributed by atoms with Crippen LogP contribution < -0.4 is 10.9 Å². The molecule has 10 heteroatoms. The highest BCUT2D eigenvalue weighted by Gasteiger charge is 2.35. The third-order valence-corrected chi connectivity index (χ3v) is 6.30. The molecule has 2 aliphatic rings. The molecule has 2 aromatic rings. The van der Waals surface area contributed by atoms with E-state index in [1.54, 1.807) is 36.4 Å². The Balaban J connectivity index is 1.69. The molecule has 0 bridgehead atoms. The number of pyridine rings is 1. The molecule has 0 radical (unpaired) electrons. The molecule has 2 fully saturated rings. The smallest absolute Gasteiger partial charge is 0.267 e. The van der Waals surface area contributed by atoms with Crippen LogP contribution in [0.15, 0.2) is 34.1 Å². The molecular weight excluding hydrogens is 424 g/mol. The van der Waals surface area contributed by atoms with Crippen LogP contribution in [0.5, 0.6) is 0 Å². The van der Waals surface area contributed by atoms with Gasteiger partial charge in [-0.15, -0.1) is 0 Å². The van der Waals surface area contributed by atoms with Crippen LogP contribution >= 0.6 is 24.0 Å². The molecule has 0 unspecified atom stereocenters. The van der Waals surface area contributed by atoms with Gasteiger partial charge in [-0.05, 0) is 31.1 Å². The molecule has 2 saturated heterocycles. The minimum absolute atomic E-state index is 0.00563. The summed E-state index contributed by atoms with van der Waals surface area (Å²) in [4.78, 5) is 32.6. The number of nitrogens with one attached hydrogen (secondary N) is 1. The molecule has 4 rings (SSSR count). The molecule has 0 saturated carbocycles. The summed E-state index contributed by atoms with van der Waals surface area (Å²) in [5.41, 5.74) is 0.572. The second kappa shape index (κ2) is 9.25. The van der Waals surface area contributed by atoms with Gasteiger partial charge in [-0.25, -0.2) is 4.98 Å². The van der Waals surface area contributed by atoms with Crippen molar-refractivity contribution in [2.45, 2.75) is 18.9 Å². The van der Waals surface area contributed by atoms with E-state index in [0.29, 0.717) is 52.6 Å².